The Labute approximate surface area is 161 Å². The summed E-state index contributed by atoms with van der Waals surface area (Å²) in [5.74, 6) is -1.45. The van der Waals surface area contributed by atoms with Crippen LogP contribution in [0.4, 0.5) is 4.79 Å². The lowest BCUT2D eigenvalue weighted by Gasteiger charge is -2.34. The van der Waals surface area contributed by atoms with Gasteiger partial charge in [0.25, 0.3) is 16.7 Å². The molecule has 2 aliphatic heterocycles. The summed E-state index contributed by atoms with van der Waals surface area (Å²) in [6.07, 6.45) is -0.782. The molecule has 1 aromatic carbocycles. The Morgan fingerprint density at radius 1 is 1.33 bits per heavy atom. The maximum atomic E-state index is 13.3. The molecule has 2 aliphatic rings. The largest absolute Gasteiger partial charge is 0.463 e. The molecule has 1 aromatic rings. The van der Waals surface area contributed by atoms with E-state index in [0.29, 0.717) is 5.56 Å². The number of esters is 1. The maximum absolute atomic E-state index is 13.3. The molecule has 0 radical (unpaired) electrons. The quantitative estimate of drug-likeness (QED) is 0.608. The Balaban J connectivity index is 2.11. The minimum Gasteiger partial charge on any atom is -0.463 e. The first-order chi connectivity index (χ1) is 12.7. The van der Waals surface area contributed by atoms with Crippen molar-refractivity contribution in [2.75, 3.05) is 13.2 Å². The second-order valence-corrected chi connectivity index (χ2v) is 7.20. The molecule has 9 heteroatoms. The molecular formula is C18H20N2O6S. The first kappa shape index (κ1) is 19.1. The molecule has 0 saturated carbocycles. The zero-order chi connectivity index (χ0) is 19.8. The molecule has 27 heavy (non-hydrogen) atoms. The van der Waals surface area contributed by atoms with Gasteiger partial charge in [0.2, 0.25) is 0 Å². The molecule has 0 spiro atoms. The number of benzene rings is 1. The number of ether oxygens (including phenoxy) is 3. The van der Waals surface area contributed by atoms with Crippen molar-refractivity contribution in [3.05, 3.63) is 35.9 Å². The normalized spacial score (nSPS) is 26.2. The van der Waals surface area contributed by atoms with Crippen LogP contribution in [0.1, 0.15) is 26.3 Å². The number of carbonyl (C=O) groups is 3. The molecule has 0 aliphatic carbocycles. The number of hydrogen-bond acceptors (Lipinski definition) is 7. The lowest BCUT2D eigenvalue weighted by molar-refractivity contribution is -0.167. The van der Waals surface area contributed by atoms with Crippen molar-refractivity contribution >= 4 is 35.4 Å². The average Bonchev–Trinajstić information content (AvgIpc) is 3.12. The SMILES string of the molecule is CCOC(=O)[C@@]1(c2ccccc2)OC(=S)N[C@H]1C(=O)N1C(=O)OCC1(C)C. The summed E-state index contributed by atoms with van der Waals surface area (Å²) in [6.45, 7) is 5.17. The fourth-order valence-corrected chi connectivity index (χ4v) is 3.50. The standard InChI is InChI=1S/C18H20N2O6S/c1-4-24-14(22)18(11-8-6-5-7-9-11)12(19-15(27)26-18)13(21)20-16(23)25-10-17(20,2)3/h5-9,12H,4,10H2,1-3H3,(H,19,27)/t12-,18-/m0/s1. The van der Waals surface area contributed by atoms with Gasteiger partial charge in [-0.1, -0.05) is 30.3 Å². The van der Waals surface area contributed by atoms with Crippen LogP contribution in [0.2, 0.25) is 0 Å². The van der Waals surface area contributed by atoms with Crippen molar-refractivity contribution in [2.24, 2.45) is 0 Å². The Hall–Kier alpha value is -2.68. The molecular weight excluding hydrogens is 372 g/mol. The highest BCUT2D eigenvalue weighted by Gasteiger charge is 2.62. The Bertz CT molecular complexity index is 796. The van der Waals surface area contributed by atoms with Crippen LogP contribution < -0.4 is 5.32 Å². The van der Waals surface area contributed by atoms with Crippen molar-refractivity contribution in [1.29, 1.82) is 0 Å². The van der Waals surface area contributed by atoms with Crippen molar-refractivity contribution in [3.63, 3.8) is 0 Å². The molecule has 1 N–H and O–H groups in total. The van der Waals surface area contributed by atoms with Gasteiger partial charge in [0.05, 0.1) is 12.1 Å². The Morgan fingerprint density at radius 3 is 2.56 bits per heavy atom. The maximum Gasteiger partial charge on any atom is 0.417 e. The van der Waals surface area contributed by atoms with E-state index in [2.05, 4.69) is 5.32 Å². The smallest absolute Gasteiger partial charge is 0.417 e. The first-order valence-corrected chi connectivity index (χ1v) is 8.88. The summed E-state index contributed by atoms with van der Waals surface area (Å²) in [5.41, 5.74) is -2.33. The number of imide groups is 1. The van der Waals surface area contributed by atoms with Gasteiger partial charge in [0.15, 0.2) is 6.04 Å². The summed E-state index contributed by atoms with van der Waals surface area (Å²) in [7, 11) is 0. The zero-order valence-corrected chi connectivity index (χ0v) is 16.0. The summed E-state index contributed by atoms with van der Waals surface area (Å²) in [5, 5.41) is 2.60. The highest BCUT2D eigenvalue weighted by Crippen LogP contribution is 2.38. The third-order valence-electron chi connectivity index (χ3n) is 4.51. The molecule has 144 valence electrons. The van der Waals surface area contributed by atoms with Crippen LogP contribution in [0.3, 0.4) is 0 Å². The van der Waals surface area contributed by atoms with E-state index in [0.717, 1.165) is 4.90 Å². The second kappa shape index (κ2) is 6.80. The molecule has 0 aromatic heterocycles. The monoisotopic (exact) mass is 392 g/mol. The van der Waals surface area contributed by atoms with Crippen LogP contribution in [-0.4, -0.2) is 52.8 Å². The fraction of sp³-hybridized carbons (Fsp3) is 0.444. The van der Waals surface area contributed by atoms with Gasteiger partial charge in [-0.2, -0.15) is 0 Å². The van der Waals surface area contributed by atoms with Crippen molar-refractivity contribution in [3.8, 4) is 0 Å². The van der Waals surface area contributed by atoms with Gasteiger partial charge in [0.1, 0.15) is 6.61 Å². The highest BCUT2D eigenvalue weighted by molar-refractivity contribution is 7.80. The predicted molar refractivity (Wildman–Crippen MR) is 97.6 cm³/mol. The van der Waals surface area contributed by atoms with Gasteiger partial charge >= 0.3 is 12.1 Å². The van der Waals surface area contributed by atoms with Gasteiger partial charge in [-0.15, -0.1) is 0 Å². The van der Waals surface area contributed by atoms with Gasteiger partial charge in [-0.25, -0.2) is 14.5 Å². The minimum atomic E-state index is -1.84. The topological polar surface area (TPSA) is 94.2 Å². The molecule has 0 unspecified atom stereocenters. The van der Waals surface area contributed by atoms with E-state index < -0.39 is 35.2 Å². The summed E-state index contributed by atoms with van der Waals surface area (Å²) < 4.78 is 15.9. The number of nitrogens with zero attached hydrogens (tertiary/aromatic N) is 1. The molecule has 8 nitrogen and oxygen atoms in total. The van der Waals surface area contributed by atoms with Gasteiger partial charge in [-0.3, -0.25) is 4.79 Å². The zero-order valence-electron chi connectivity index (χ0n) is 15.2. The van der Waals surface area contributed by atoms with Crippen molar-refractivity contribution < 1.29 is 28.6 Å². The van der Waals surface area contributed by atoms with Gasteiger partial charge in [-0.05, 0) is 33.0 Å². The van der Waals surface area contributed by atoms with Crippen LogP contribution >= 0.6 is 12.2 Å². The van der Waals surface area contributed by atoms with E-state index in [4.69, 9.17) is 26.4 Å². The first-order valence-electron chi connectivity index (χ1n) is 8.47. The molecule has 3 rings (SSSR count). The van der Waals surface area contributed by atoms with Crippen LogP contribution in [0.15, 0.2) is 30.3 Å². The number of hydrogen-bond donors (Lipinski definition) is 1. The van der Waals surface area contributed by atoms with Gasteiger partial charge in [0, 0.05) is 5.56 Å². The van der Waals surface area contributed by atoms with E-state index in [-0.39, 0.29) is 18.4 Å². The van der Waals surface area contributed by atoms with E-state index >= 15 is 0 Å². The number of cyclic esters (lactones) is 1. The minimum absolute atomic E-state index is 0.0489. The number of thiocarbonyl (C=S) groups is 1. The lowest BCUT2D eigenvalue weighted by Crippen LogP contribution is -2.60. The molecule has 0 bridgehead atoms. The number of nitrogens with one attached hydrogen (secondary N) is 1. The third-order valence-corrected chi connectivity index (χ3v) is 4.71. The van der Waals surface area contributed by atoms with Crippen LogP contribution in [0.5, 0.6) is 0 Å². The van der Waals surface area contributed by atoms with E-state index in [1.54, 1.807) is 51.1 Å². The average molecular weight is 392 g/mol. The molecule has 2 amide bonds. The second-order valence-electron chi connectivity index (χ2n) is 6.83. The summed E-state index contributed by atoms with van der Waals surface area (Å²) >= 11 is 5.10. The van der Waals surface area contributed by atoms with Gasteiger partial charge < -0.3 is 19.5 Å². The molecule has 2 fully saturated rings. The summed E-state index contributed by atoms with van der Waals surface area (Å²) in [6, 6.07) is 7.17. The Kier molecular flexibility index (Phi) is 4.81. The highest BCUT2D eigenvalue weighted by atomic mass is 32.1. The number of amides is 2. The Morgan fingerprint density at radius 2 is 2.00 bits per heavy atom. The predicted octanol–water partition coefficient (Wildman–Crippen LogP) is 1.48. The van der Waals surface area contributed by atoms with Crippen molar-refractivity contribution in [2.45, 2.75) is 38.0 Å². The van der Waals surface area contributed by atoms with Crippen LogP contribution in [0.25, 0.3) is 0 Å². The van der Waals surface area contributed by atoms with E-state index in [1.165, 1.54) is 0 Å². The fourth-order valence-electron chi connectivity index (χ4n) is 3.25. The van der Waals surface area contributed by atoms with Crippen LogP contribution in [0, 0.1) is 0 Å². The van der Waals surface area contributed by atoms with Crippen LogP contribution in [-0.2, 0) is 29.4 Å². The van der Waals surface area contributed by atoms with E-state index in [9.17, 15) is 14.4 Å². The molecule has 2 heterocycles. The van der Waals surface area contributed by atoms with Crippen molar-refractivity contribution in [1.82, 2.24) is 10.2 Å². The molecule has 2 atom stereocenters. The van der Waals surface area contributed by atoms with E-state index in [1.807, 2.05) is 0 Å². The molecule has 2 saturated heterocycles. The number of carbonyl (C=O) groups excluding carboxylic acids is 3. The third kappa shape index (κ3) is 3.01. The number of rotatable bonds is 4. The lowest BCUT2D eigenvalue weighted by atomic mass is 9.85. The summed E-state index contributed by atoms with van der Waals surface area (Å²) in [4.78, 5) is 39.4.